The van der Waals surface area contributed by atoms with Gasteiger partial charge in [0.05, 0.1) is 17.1 Å². The number of benzene rings is 1. The molecule has 1 fully saturated rings. The zero-order valence-corrected chi connectivity index (χ0v) is 19.6. The van der Waals surface area contributed by atoms with Crippen molar-refractivity contribution < 1.29 is 4.79 Å². The number of nitrogens with two attached hydrogens (primary N) is 3. The van der Waals surface area contributed by atoms with Gasteiger partial charge in [0.15, 0.2) is 10.8 Å². The van der Waals surface area contributed by atoms with Gasteiger partial charge in [-0.25, -0.2) is 10.9 Å². The van der Waals surface area contributed by atoms with Gasteiger partial charge in [-0.05, 0) is 48.9 Å². The van der Waals surface area contributed by atoms with Crippen LogP contribution >= 0.6 is 11.8 Å². The molecule has 0 radical (unpaired) electrons. The molecule has 1 aromatic carbocycles. The highest BCUT2D eigenvalue weighted by atomic mass is 32.2. The Labute approximate surface area is 193 Å². The SMILES string of the molecule is CC(CN)CN=NN=C(N)C1=C(c2ccccc2)NC(C)(N(N)C(=O)CC2CCCC2)S1. The van der Waals surface area contributed by atoms with Crippen LogP contribution in [0.4, 0.5) is 0 Å². The Kier molecular flexibility index (Phi) is 8.27. The lowest BCUT2D eigenvalue weighted by molar-refractivity contribution is -0.135. The van der Waals surface area contributed by atoms with Crippen LogP contribution in [0.1, 0.15) is 51.5 Å². The molecule has 1 heterocycles. The molecule has 10 heteroatoms. The Morgan fingerprint density at radius 1 is 1.31 bits per heavy atom. The minimum atomic E-state index is -0.901. The number of rotatable bonds is 9. The highest BCUT2D eigenvalue weighted by Gasteiger charge is 2.43. The number of amides is 1. The predicted molar refractivity (Wildman–Crippen MR) is 130 cm³/mol. The Morgan fingerprint density at radius 2 is 2.00 bits per heavy atom. The van der Waals surface area contributed by atoms with Crippen LogP contribution in [-0.4, -0.2) is 34.8 Å². The van der Waals surface area contributed by atoms with E-state index in [2.05, 4.69) is 20.8 Å². The lowest BCUT2D eigenvalue weighted by Gasteiger charge is -2.35. The molecule has 1 aliphatic carbocycles. The average molecular weight is 459 g/mol. The first-order valence-corrected chi connectivity index (χ1v) is 11.9. The molecular weight excluding hydrogens is 424 g/mol. The van der Waals surface area contributed by atoms with E-state index in [-0.39, 0.29) is 17.7 Å². The van der Waals surface area contributed by atoms with Crippen LogP contribution in [-0.2, 0) is 4.79 Å². The zero-order valence-electron chi connectivity index (χ0n) is 18.8. The summed E-state index contributed by atoms with van der Waals surface area (Å²) in [5.41, 5.74) is 13.6. The predicted octanol–water partition coefficient (Wildman–Crippen LogP) is 2.97. The van der Waals surface area contributed by atoms with Crippen molar-refractivity contribution in [2.45, 2.75) is 50.9 Å². The number of thioether (sulfide) groups is 1. The van der Waals surface area contributed by atoms with E-state index in [1.807, 2.05) is 44.2 Å². The molecule has 32 heavy (non-hydrogen) atoms. The molecule has 2 atom stereocenters. The number of nitrogens with one attached hydrogen (secondary N) is 1. The first kappa shape index (κ1) is 24.2. The third-order valence-electron chi connectivity index (χ3n) is 5.86. The fourth-order valence-electron chi connectivity index (χ4n) is 3.84. The molecule has 0 saturated heterocycles. The number of hydrazine groups is 1. The Hall–Kier alpha value is -2.43. The summed E-state index contributed by atoms with van der Waals surface area (Å²) in [6.45, 7) is 4.87. The molecule has 9 nitrogen and oxygen atoms in total. The van der Waals surface area contributed by atoms with Crippen molar-refractivity contribution in [1.82, 2.24) is 10.3 Å². The quantitative estimate of drug-likeness (QED) is 0.112. The maximum atomic E-state index is 12.9. The number of hydrogen-bond acceptors (Lipinski definition) is 7. The van der Waals surface area contributed by atoms with E-state index < -0.39 is 4.99 Å². The Bertz CT molecular complexity index is 881. The molecule has 0 bridgehead atoms. The molecule has 1 aromatic rings. The van der Waals surface area contributed by atoms with Gasteiger partial charge in [0, 0.05) is 6.42 Å². The number of nitrogens with zero attached hydrogens (tertiary/aromatic N) is 4. The average Bonchev–Trinajstić information content (AvgIpc) is 3.44. The van der Waals surface area contributed by atoms with Gasteiger partial charge >= 0.3 is 0 Å². The molecule has 0 aromatic heterocycles. The maximum Gasteiger partial charge on any atom is 0.239 e. The highest BCUT2D eigenvalue weighted by molar-refractivity contribution is 8.05. The molecule has 1 aliphatic heterocycles. The smallest absolute Gasteiger partial charge is 0.239 e. The third kappa shape index (κ3) is 5.87. The summed E-state index contributed by atoms with van der Waals surface area (Å²) >= 11 is 1.36. The van der Waals surface area contributed by atoms with Gasteiger partial charge in [0.25, 0.3) is 0 Å². The van der Waals surface area contributed by atoms with Gasteiger partial charge < -0.3 is 16.8 Å². The summed E-state index contributed by atoms with van der Waals surface area (Å²) in [6, 6.07) is 9.75. The summed E-state index contributed by atoms with van der Waals surface area (Å²) in [5.74, 6) is 7.11. The van der Waals surface area contributed by atoms with Crippen molar-refractivity contribution in [2.75, 3.05) is 13.1 Å². The maximum absolute atomic E-state index is 12.9. The number of carbonyl (C=O) groups excluding carboxylic acids is 1. The minimum Gasteiger partial charge on any atom is -0.381 e. The van der Waals surface area contributed by atoms with Crippen molar-refractivity contribution in [3.8, 4) is 0 Å². The van der Waals surface area contributed by atoms with Crippen molar-refractivity contribution in [3.05, 3.63) is 40.8 Å². The van der Waals surface area contributed by atoms with E-state index in [1.165, 1.54) is 29.6 Å². The van der Waals surface area contributed by atoms with E-state index in [0.29, 0.717) is 30.3 Å². The molecule has 1 saturated carbocycles. The van der Waals surface area contributed by atoms with E-state index in [1.54, 1.807) is 0 Å². The minimum absolute atomic E-state index is 0.0842. The molecular formula is C22H34N8OS. The fraction of sp³-hybridized carbons (Fsp3) is 0.545. The molecule has 0 spiro atoms. The number of carbonyl (C=O) groups is 1. The Balaban J connectivity index is 1.81. The van der Waals surface area contributed by atoms with Gasteiger partial charge in [-0.2, -0.15) is 5.11 Å². The molecule has 2 unspecified atom stereocenters. The van der Waals surface area contributed by atoms with Gasteiger partial charge in [-0.1, -0.05) is 61.9 Å². The topological polar surface area (TPSA) is 147 Å². The molecule has 1 amide bonds. The molecule has 7 N–H and O–H groups in total. The normalized spacial score (nSPS) is 23.1. The Morgan fingerprint density at radius 3 is 2.66 bits per heavy atom. The van der Waals surface area contributed by atoms with E-state index >= 15 is 0 Å². The monoisotopic (exact) mass is 458 g/mol. The lowest BCUT2D eigenvalue weighted by Crippen LogP contribution is -2.58. The molecule has 2 aliphatic rings. The fourth-order valence-corrected chi connectivity index (χ4v) is 5.00. The summed E-state index contributed by atoms with van der Waals surface area (Å²) in [4.78, 5) is 12.7. The third-order valence-corrected chi connectivity index (χ3v) is 7.17. The summed E-state index contributed by atoms with van der Waals surface area (Å²) in [6.07, 6.45) is 5.00. The van der Waals surface area contributed by atoms with Gasteiger partial charge in [-0.15, -0.1) is 5.10 Å². The summed E-state index contributed by atoms with van der Waals surface area (Å²) < 4.78 is 0. The second kappa shape index (κ2) is 10.9. The first-order chi connectivity index (χ1) is 15.3. The van der Waals surface area contributed by atoms with Crippen LogP contribution in [0, 0.1) is 11.8 Å². The summed E-state index contributed by atoms with van der Waals surface area (Å²) in [5, 5.41) is 16.7. The van der Waals surface area contributed by atoms with E-state index in [9.17, 15) is 4.79 Å². The van der Waals surface area contributed by atoms with Crippen molar-refractivity contribution >= 4 is 29.2 Å². The van der Waals surface area contributed by atoms with Crippen LogP contribution in [0.25, 0.3) is 5.70 Å². The van der Waals surface area contributed by atoms with Crippen molar-refractivity contribution in [3.63, 3.8) is 0 Å². The van der Waals surface area contributed by atoms with Crippen LogP contribution in [0.5, 0.6) is 0 Å². The van der Waals surface area contributed by atoms with Crippen LogP contribution in [0.15, 0.2) is 50.7 Å². The lowest BCUT2D eigenvalue weighted by atomic mass is 10.0. The standard InChI is InChI=1S/C22H34N8OS/c1-15(13-23)14-26-29-28-21(24)20-19(17-10-4-3-5-11-17)27-22(2,32-20)30(25)18(31)12-16-8-6-7-9-16/h3-5,10-11,15-16,27H,6-9,12-14,23,25H2,1-2H3,(H2,24,26,28). The summed E-state index contributed by atoms with van der Waals surface area (Å²) in [7, 11) is 0. The van der Waals surface area contributed by atoms with Crippen LogP contribution < -0.4 is 22.6 Å². The van der Waals surface area contributed by atoms with Gasteiger partial charge in [0.2, 0.25) is 5.91 Å². The molecule has 3 rings (SSSR count). The second-order valence-electron chi connectivity index (χ2n) is 8.64. The number of hydrogen-bond donors (Lipinski definition) is 4. The van der Waals surface area contributed by atoms with Gasteiger partial charge in [0.1, 0.15) is 0 Å². The van der Waals surface area contributed by atoms with Crippen molar-refractivity contribution in [2.24, 2.45) is 44.6 Å². The van der Waals surface area contributed by atoms with Crippen LogP contribution in [0.2, 0.25) is 0 Å². The van der Waals surface area contributed by atoms with Crippen LogP contribution in [0.3, 0.4) is 0 Å². The van der Waals surface area contributed by atoms with Gasteiger partial charge in [-0.3, -0.25) is 4.79 Å². The molecule has 174 valence electrons. The highest BCUT2D eigenvalue weighted by Crippen LogP contribution is 2.43. The van der Waals surface area contributed by atoms with E-state index in [0.717, 1.165) is 24.1 Å². The first-order valence-electron chi connectivity index (χ1n) is 11.1. The zero-order chi connectivity index (χ0) is 23.1. The van der Waals surface area contributed by atoms with E-state index in [4.69, 9.17) is 17.3 Å². The van der Waals surface area contributed by atoms with Crippen molar-refractivity contribution in [1.29, 1.82) is 0 Å². The largest absolute Gasteiger partial charge is 0.381 e. The number of amidine groups is 1. The second-order valence-corrected chi connectivity index (χ2v) is 10.0.